The number of nitrogens with one attached hydrogen (secondary N) is 1. The lowest BCUT2D eigenvalue weighted by atomic mass is 9.90. The van der Waals surface area contributed by atoms with Crippen LogP contribution in [0, 0.1) is 0 Å². The third-order valence-electron chi connectivity index (χ3n) is 4.96. The van der Waals surface area contributed by atoms with Crippen molar-refractivity contribution >= 4 is 0 Å². The summed E-state index contributed by atoms with van der Waals surface area (Å²) in [7, 11) is 2.17. The average Bonchev–Trinajstić information content (AvgIpc) is 2.30. The van der Waals surface area contributed by atoms with Gasteiger partial charge in [-0.3, -0.25) is 4.90 Å². The maximum absolute atomic E-state index is 3.61. The highest BCUT2D eigenvalue weighted by atomic mass is 15.2. The van der Waals surface area contributed by atoms with Crippen molar-refractivity contribution in [2.75, 3.05) is 20.1 Å². The minimum Gasteiger partial charge on any atom is -0.315 e. The number of nitrogens with zero attached hydrogens (tertiary/aromatic N) is 1. The van der Waals surface area contributed by atoms with Crippen molar-refractivity contribution in [1.29, 1.82) is 0 Å². The highest BCUT2D eigenvalue weighted by Gasteiger charge is 2.26. The number of hydrogen-bond donors (Lipinski definition) is 1. The molecule has 2 fully saturated rings. The van der Waals surface area contributed by atoms with Gasteiger partial charge in [-0.1, -0.05) is 44.9 Å². The Bertz CT molecular complexity index is 209. The summed E-state index contributed by atoms with van der Waals surface area (Å²) in [5.41, 5.74) is 0. The Morgan fingerprint density at radius 2 is 1.28 bits per heavy atom. The molecule has 0 radical (unpaired) electrons. The van der Waals surface area contributed by atoms with Crippen molar-refractivity contribution in [2.45, 2.75) is 82.7 Å². The van der Waals surface area contributed by atoms with Gasteiger partial charge >= 0.3 is 0 Å². The van der Waals surface area contributed by atoms with Crippen LogP contribution in [0.15, 0.2) is 0 Å². The van der Waals surface area contributed by atoms with E-state index >= 15 is 0 Å². The van der Waals surface area contributed by atoms with Crippen molar-refractivity contribution < 1.29 is 0 Å². The molecular weight excluding hydrogens is 220 g/mol. The second kappa shape index (κ2) is 8.16. The summed E-state index contributed by atoms with van der Waals surface area (Å²) in [6, 6.07) is 1.55. The van der Waals surface area contributed by atoms with Gasteiger partial charge in [0.2, 0.25) is 0 Å². The molecular formula is C16H32N2. The Labute approximate surface area is 114 Å². The van der Waals surface area contributed by atoms with E-state index in [1.54, 1.807) is 0 Å². The standard InChI is InChI=1S/C16H32N2/c1-17-15-11-7-3-4-8-12-16(15)18-13-9-5-2-6-10-14-18/h15-17H,2-14H2,1H3. The first kappa shape index (κ1) is 14.3. The maximum atomic E-state index is 3.61. The molecule has 1 aliphatic carbocycles. The molecule has 0 bridgehead atoms. The zero-order valence-electron chi connectivity index (χ0n) is 12.3. The molecule has 0 spiro atoms. The van der Waals surface area contributed by atoms with Gasteiger partial charge in [0, 0.05) is 12.1 Å². The Hall–Kier alpha value is -0.0800. The van der Waals surface area contributed by atoms with Crippen molar-refractivity contribution in [2.24, 2.45) is 0 Å². The lowest BCUT2D eigenvalue weighted by Crippen LogP contribution is -2.50. The van der Waals surface area contributed by atoms with Crippen molar-refractivity contribution in [3.63, 3.8) is 0 Å². The molecule has 2 rings (SSSR count). The van der Waals surface area contributed by atoms with E-state index in [1.807, 2.05) is 0 Å². The normalized spacial score (nSPS) is 33.2. The van der Waals surface area contributed by atoms with Crippen LogP contribution in [0.3, 0.4) is 0 Å². The van der Waals surface area contributed by atoms with Crippen LogP contribution >= 0.6 is 0 Å². The van der Waals surface area contributed by atoms with Gasteiger partial charge in [-0.05, 0) is 45.8 Å². The van der Waals surface area contributed by atoms with Gasteiger partial charge in [0.25, 0.3) is 0 Å². The second-order valence-electron chi connectivity index (χ2n) is 6.26. The maximum Gasteiger partial charge on any atom is 0.0249 e. The minimum atomic E-state index is 0.740. The van der Waals surface area contributed by atoms with E-state index in [2.05, 4.69) is 17.3 Å². The summed E-state index contributed by atoms with van der Waals surface area (Å²) < 4.78 is 0. The third-order valence-corrected chi connectivity index (χ3v) is 4.96. The topological polar surface area (TPSA) is 15.3 Å². The Morgan fingerprint density at radius 3 is 1.94 bits per heavy atom. The van der Waals surface area contributed by atoms with Gasteiger partial charge in [0.15, 0.2) is 0 Å². The molecule has 1 saturated carbocycles. The molecule has 2 atom stereocenters. The Balaban J connectivity index is 1.95. The molecule has 2 nitrogen and oxygen atoms in total. The van der Waals surface area contributed by atoms with E-state index in [4.69, 9.17) is 0 Å². The highest BCUT2D eigenvalue weighted by Crippen LogP contribution is 2.24. The van der Waals surface area contributed by atoms with Crippen molar-refractivity contribution in [3.8, 4) is 0 Å². The molecule has 1 N–H and O–H groups in total. The Morgan fingerprint density at radius 1 is 0.722 bits per heavy atom. The van der Waals surface area contributed by atoms with Crippen LogP contribution in [0.5, 0.6) is 0 Å². The summed E-state index contributed by atoms with van der Waals surface area (Å²) in [5, 5.41) is 3.61. The van der Waals surface area contributed by atoms with E-state index in [0.717, 1.165) is 12.1 Å². The highest BCUT2D eigenvalue weighted by molar-refractivity contribution is 4.85. The van der Waals surface area contributed by atoms with Crippen LogP contribution in [0.2, 0.25) is 0 Å². The third kappa shape index (κ3) is 4.24. The number of rotatable bonds is 2. The van der Waals surface area contributed by atoms with E-state index < -0.39 is 0 Å². The monoisotopic (exact) mass is 252 g/mol. The fraction of sp³-hybridized carbons (Fsp3) is 1.00. The zero-order chi connectivity index (χ0) is 12.6. The average molecular weight is 252 g/mol. The van der Waals surface area contributed by atoms with E-state index in [9.17, 15) is 0 Å². The fourth-order valence-electron chi connectivity index (χ4n) is 3.84. The van der Waals surface area contributed by atoms with Gasteiger partial charge in [0.05, 0.1) is 0 Å². The van der Waals surface area contributed by atoms with Gasteiger partial charge < -0.3 is 5.32 Å². The summed E-state index contributed by atoms with van der Waals surface area (Å²) in [6.45, 7) is 2.70. The fourth-order valence-corrected chi connectivity index (χ4v) is 3.84. The summed E-state index contributed by atoms with van der Waals surface area (Å²) >= 11 is 0. The molecule has 0 aromatic heterocycles. The molecule has 1 aliphatic heterocycles. The lowest BCUT2D eigenvalue weighted by molar-refractivity contribution is 0.125. The van der Waals surface area contributed by atoms with E-state index in [0.29, 0.717) is 0 Å². The molecule has 0 aromatic rings. The molecule has 2 unspecified atom stereocenters. The van der Waals surface area contributed by atoms with Crippen molar-refractivity contribution in [3.05, 3.63) is 0 Å². The number of hydrogen-bond acceptors (Lipinski definition) is 2. The smallest absolute Gasteiger partial charge is 0.0249 e. The quantitative estimate of drug-likeness (QED) is 0.808. The van der Waals surface area contributed by atoms with Crippen LogP contribution < -0.4 is 5.32 Å². The first-order valence-corrected chi connectivity index (χ1v) is 8.33. The molecule has 1 heterocycles. The lowest BCUT2D eigenvalue weighted by Gasteiger charge is -2.39. The largest absolute Gasteiger partial charge is 0.315 e. The summed E-state index contributed by atoms with van der Waals surface area (Å²) in [6.07, 6.45) is 15.8. The first-order chi connectivity index (χ1) is 8.92. The molecule has 2 aliphatic rings. The molecule has 0 amide bonds. The van der Waals surface area contributed by atoms with Gasteiger partial charge in [-0.15, -0.1) is 0 Å². The second-order valence-corrected chi connectivity index (χ2v) is 6.26. The SMILES string of the molecule is CNC1CCCCCCC1N1CCCCCCC1. The summed E-state index contributed by atoms with van der Waals surface area (Å²) in [5.74, 6) is 0. The van der Waals surface area contributed by atoms with Crippen molar-refractivity contribution in [1.82, 2.24) is 10.2 Å². The minimum absolute atomic E-state index is 0.740. The van der Waals surface area contributed by atoms with Crippen LogP contribution in [0.4, 0.5) is 0 Å². The van der Waals surface area contributed by atoms with Gasteiger partial charge in [-0.25, -0.2) is 0 Å². The first-order valence-electron chi connectivity index (χ1n) is 8.33. The molecule has 18 heavy (non-hydrogen) atoms. The van der Waals surface area contributed by atoms with Gasteiger partial charge in [0.1, 0.15) is 0 Å². The van der Waals surface area contributed by atoms with Crippen LogP contribution in [-0.2, 0) is 0 Å². The summed E-state index contributed by atoms with van der Waals surface area (Å²) in [4.78, 5) is 2.83. The molecule has 0 aromatic carbocycles. The van der Waals surface area contributed by atoms with Crippen LogP contribution in [0.25, 0.3) is 0 Å². The Kier molecular flexibility index (Phi) is 6.50. The molecule has 2 heteroatoms. The van der Waals surface area contributed by atoms with Crippen LogP contribution in [-0.4, -0.2) is 37.1 Å². The molecule has 1 saturated heterocycles. The van der Waals surface area contributed by atoms with Gasteiger partial charge in [-0.2, -0.15) is 0 Å². The van der Waals surface area contributed by atoms with E-state index in [-0.39, 0.29) is 0 Å². The number of likely N-dealkylation sites (N-methyl/N-ethyl adjacent to an activating group) is 1. The number of likely N-dealkylation sites (tertiary alicyclic amines) is 1. The predicted molar refractivity (Wildman–Crippen MR) is 79.0 cm³/mol. The van der Waals surface area contributed by atoms with Crippen LogP contribution in [0.1, 0.15) is 70.6 Å². The van der Waals surface area contributed by atoms with E-state index in [1.165, 1.54) is 83.7 Å². The molecule has 106 valence electrons. The predicted octanol–water partition coefficient (Wildman–Crippen LogP) is 3.56. The zero-order valence-corrected chi connectivity index (χ0v) is 12.3.